The fourth-order valence-electron chi connectivity index (χ4n) is 4.28. The quantitative estimate of drug-likeness (QED) is 0.749. The second kappa shape index (κ2) is 8.76. The summed E-state index contributed by atoms with van der Waals surface area (Å²) in [5, 5.41) is 9.10. The summed E-state index contributed by atoms with van der Waals surface area (Å²) in [5.74, 6) is -0.574. The van der Waals surface area contributed by atoms with Crippen LogP contribution in [0.4, 0.5) is 10.1 Å². The van der Waals surface area contributed by atoms with E-state index in [0.29, 0.717) is 12.3 Å². The van der Waals surface area contributed by atoms with Crippen molar-refractivity contribution in [2.45, 2.75) is 52.4 Å². The first-order valence-electron chi connectivity index (χ1n) is 10.1. The van der Waals surface area contributed by atoms with E-state index in [1.807, 2.05) is 19.9 Å². The van der Waals surface area contributed by atoms with E-state index >= 15 is 0 Å². The number of carboxylic acid groups (broad SMARTS) is 1. The molecule has 0 atom stereocenters. The van der Waals surface area contributed by atoms with Crippen LogP contribution in [0.2, 0.25) is 0 Å². The molecule has 1 aromatic carbocycles. The van der Waals surface area contributed by atoms with Gasteiger partial charge in [-0.15, -0.1) is 0 Å². The number of piperidine rings is 1. The third kappa shape index (κ3) is 4.37. The number of rotatable bonds is 5. The van der Waals surface area contributed by atoms with Crippen LogP contribution >= 0.6 is 0 Å². The molecular formula is C22H30FN3O2. The summed E-state index contributed by atoms with van der Waals surface area (Å²) in [6, 6.07) is 3.46. The molecule has 1 saturated carbocycles. The van der Waals surface area contributed by atoms with Crippen molar-refractivity contribution >= 4 is 17.4 Å². The number of carbonyl (C=O) groups is 1. The topological polar surface area (TPSA) is 78.9 Å². The molecule has 1 heterocycles. The zero-order valence-corrected chi connectivity index (χ0v) is 16.8. The van der Waals surface area contributed by atoms with Crippen molar-refractivity contribution in [3.63, 3.8) is 0 Å². The first kappa shape index (κ1) is 20.4. The van der Waals surface area contributed by atoms with Crippen LogP contribution in [-0.4, -0.2) is 36.4 Å². The number of hydrogen-bond donors (Lipinski definition) is 2. The fraction of sp³-hybridized carbons (Fsp3) is 0.545. The average molecular weight is 387 g/mol. The van der Waals surface area contributed by atoms with Crippen LogP contribution in [0.5, 0.6) is 0 Å². The lowest BCUT2D eigenvalue weighted by molar-refractivity contribution is -0.132. The Balaban J connectivity index is 1.53. The van der Waals surface area contributed by atoms with Gasteiger partial charge in [0.05, 0.1) is 0 Å². The molecule has 1 aliphatic heterocycles. The minimum absolute atomic E-state index is 0.0467. The van der Waals surface area contributed by atoms with Gasteiger partial charge in [0.1, 0.15) is 11.5 Å². The van der Waals surface area contributed by atoms with E-state index in [1.165, 1.54) is 0 Å². The molecule has 0 bridgehead atoms. The zero-order chi connectivity index (χ0) is 20.3. The summed E-state index contributed by atoms with van der Waals surface area (Å²) in [7, 11) is 0. The van der Waals surface area contributed by atoms with Gasteiger partial charge in [0.15, 0.2) is 0 Å². The van der Waals surface area contributed by atoms with Crippen molar-refractivity contribution in [1.29, 1.82) is 0 Å². The van der Waals surface area contributed by atoms with E-state index in [2.05, 4.69) is 9.89 Å². The molecule has 1 aromatic rings. The van der Waals surface area contributed by atoms with Crippen molar-refractivity contribution in [1.82, 2.24) is 0 Å². The molecule has 5 nitrogen and oxygen atoms in total. The summed E-state index contributed by atoms with van der Waals surface area (Å²) in [4.78, 5) is 18.1. The molecular weight excluding hydrogens is 357 g/mol. The summed E-state index contributed by atoms with van der Waals surface area (Å²) in [6.07, 6.45) is 5.67. The minimum atomic E-state index is -1.05. The first-order valence-corrected chi connectivity index (χ1v) is 10.1. The number of hydrogen-bond acceptors (Lipinski definition) is 4. The van der Waals surface area contributed by atoms with Gasteiger partial charge in [-0.1, -0.05) is 0 Å². The lowest BCUT2D eigenvalue weighted by Gasteiger charge is -2.34. The number of nitrogens with zero attached hydrogens (tertiary/aromatic N) is 2. The van der Waals surface area contributed by atoms with Gasteiger partial charge in [-0.25, -0.2) is 9.18 Å². The highest BCUT2D eigenvalue weighted by Gasteiger charge is 2.23. The Labute approximate surface area is 166 Å². The molecule has 0 aromatic heterocycles. The van der Waals surface area contributed by atoms with E-state index < -0.39 is 5.97 Å². The summed E-state index contributed by atoms with van der Waals surface area (Å²) in [5.41, 5.74) is 10.2. The molecule has 6 heteroatoms. The minimum Gasteiger partial charge on any atom is -0.477 e. The third-order valence-electron chi connectivity index (χ3n) is 6.23. The maximum atomic E-state index is 13.7. The molecule has 0 radical (unpaired) electrons. The van der Waals surface area contributed by atoms with Gasteiger partial charge in [0.25, 0.3) is 0 Å². The first-order chi connectivity index (χ1) is 13.4. The maximum Gasteiger partial charge on any atom is 0.352 e. The molecule has 2 aliphatic rings. The number of carboxylic acids is 1. The van der Waals surface area contributed by atoms with E-state index in [4.69, 9.17) is 10.8 Å². The van der Waals surface area contributed by atoms with Gasteiger partial charge in [0.2, 0.25) is 0 Å². The number of aliphatic carboxylic acids is 1. The van der Waals surface area contributed by atoms with E-state index in [9.17, 15) is 9.18 Å². The molecule has 3 rings (SSSR count). The summed E-state index contributed by atoms with van der Waals surface area (Å²) in [6.45, 7) is 6.51. The Kier molecular flexibility index (Phi) is 6.37. The smallest absolute Gasteiger partial charge is 0.352 e. The van der Waals surface area contributed by atoms with Crippen molar-refractivity contribution in [2.24, 2.45) is 16.6 Å². The number of anilines is 1. The van der Waals surface area contributed by atoms with E-state index in [-0.39, 0.29) is 11.5 Å². The fourth-order valence-corrected chi connectivity index (χ4v) is 4.28. The van der Waals surface area contributed by atoms with Crippen molar-refractivity contribution in [3.05, 3.63) is 40.3 Å². The van der Waals surface area contributed by atoms with Crippen LogP contribution in [0, 0.1) is 25.6 Å². The summed E-state index contributed by atoms with van der Waals surface area (Å²) < 4.78 is 13.7. The second-order valence-electron chi connectivity index (χ2n) is 7.91. The monoisotopic (exact) mass is 387 g/mol. The molecule has 0 unspecified atom stereocenters. The zero-order valence-electron chi connectivity index (χ0n) is 16.8. The predicted molar refractivity (Wildman–Crippen MR) is 110 cm³/mol. The van der Waals surface area contributed by atoms with Crippen LogP contribution < -0.4 is 10.6 Å². The average Bonchev–Trinajstić information content (AvgIpc) is 3.15. The lowest BCUT2D eigenvalue weighted by atomic mass is 9.92. The number of halogens is 1. The molecule has 152 valence electrons. The van der Waals surface area contributed by atoms with Crippen LogP contribution in [0.3, 0.4) is 0 Å². The lowest BCUT2D eigenvalue weighted by Crippen LogP contribution is -2.34. The Morgan fingerprint density at radius 2 is 1.96 bits per heavy atom. The normalized spacial score (nSPS) is 21.4. The SMILES string of the molecule is Cc1c(F)ccc(N2CCC(CCN=C3CCC/C3=C(/N)C(=O)O)CC2)c1C. The van der Waals surface area contributed by atoms with E-state index in [0.717, 1.165) is 79.8 Å². The number of nitrogens with two attached hydrogens (primary N) is 1. The Morgan fingerprint density at radius 1 is 1.25 bits per heavy atom. The second-order valence-corrected chi connectivity index (χ2v) is 7.91. The molecule has 0 spiro atoms. The Morgan fingerprint density at radius 3 is 2.64 bits per heavy atom. The third-order valence-corrected chi connectivity index (χ3v) is 6.23. The predicted octanol–water partition coefficient (Wildman–Crippen LogP) is 3.97. The number of allylic oxidation sites excluding steroid dienone is 1. The highest BCUT2D eigenvalue weighted by atomic mass is 19.1. The van der Waals surface area contributed by atoms with Gasteiger partial charge >= 0.3 is 5.97 Å². The molecule has 3 N–H and O–H groups in total. The molecule has 0 amide bonds. The summed E-state index contributed by atoms with van der Waals surface area (Å²) >= 11 is 0. The van der Waals surface area contributed by atoms with Gasteiger partial charge in [-0.05, 0) is 81.5 Å². The van der Waals surface area contributed by atoms with Crippen LogP contribution in [0.25, 0.3) is 0 Å². The largest absolute Gasteiger partial charge is 0.477 e. The molecule has 1 aliphatic carbocycles. The molecule has 1 saturated heterocycles. The van der Waals surface area contributed by atoms with Crippen LogP contribution in [-0.2, 0) is 4.79 Å². The van der Waals surface area contributed by atoms with Gasteiger partial charge in [-0.2, -0.15) is 0 Å². The van der Waals surface area contributed by atoms with Crippen molar-refractivity contribution < 1.29 is 14.3 Å². The maximum absolute atomic E-state index is 13.7. The van der Waals surface area contributed by atoms with Gasteiger partial charge in [-0.3, -0.25) is 4.99 Å². The van der Waals surface area contributed by atoms with Crippen molar-refractivity contribution in [2.75, 3.05) is 24.5 Å². The Bertz CT molecular complexity index is 808. The van der Waals surface area contributed by atoms with E-state index in [1.54, 1.807) is 6.07 Å². The molecule has 2 fully saturated rings. The number of benzene rings is 1. The van der Waals surface area contributed by atoms with Crippen molar-refractivity contribution in [3.8, 4) is 0 Å². The molecule has 28 heavy (non-hydrogen) atoms. The van der Waals surface area contributed by atoms with Crippen LogP contribution in [0.1, 0.15) is 49.7 Å². The standard InChI is InChI=1S/C22H30FN3O2/c1-14-15(2)20(7-6-18(14)23)26-12-9-16(10-13-26)8-11-25-19-5-3-4-17(19)21(24)22(27)28/h6-7,16H,3-5,8-13,24H2,1-2H3,(H,27,28)/b21-17-,25-19?. The van der Waals surface area contributed by atoms with Crippen LogP contribution in [0.15, 0.2) is 28.4 Å². The highest BCUT2D eigenvalue weighted by molar-refractivity contribution is 6.07. The van der Waals surface area contributed by atoms with Gasteiger partial charge < -0.3 is 15.7 Å². The highest BCUT2D eigenvalue weighted by Crippen LogP contribution is 2.30. The number of aliphatic imine (C=N–C) groups is 1. The van der Waals surface area contributed by atoms with Gasteiger partial charge in [0, 0.05) is 36.6 Å². The Hall–Kier alpha value is -2.37.